The van der Waals surface area contributed by atoms with Gasteiger partial charge in [0, 0.05) is 23.9 Å². The van der Waals surface area contributed by atoms with E-state index >= 15 is 0 Å². The number of thiophene rings is 1. The van der Waals surface area contributed by atoms with Crippen LogP contribution in [0.1, 0.15) is 5.56 Å². The van der Waals surface area contributed by atoms with Crippen molar-refractivity contribution >= 4 is 51.1 Å². The summed E-state index contributed by atoms with van der Waals surface area (Å²) < 4.78 is 11.8. The lowest BCUT2D eigenvalue weighted by Gasteiger charge is -2.16. The number of fused-ring (bicyclic) bond motifs is 1. The summed E-state index contributed by atoms with van der Waals surface area (Å²) >= 11 is 14.4. The number of nitrogens with zero attached hydrogens (tertiary/aromatic N) is 1. The normalized spacial score (nSPS) is 13.7. The lowest BCUT2D eigenvalue weighted by atomic mass is 10.0. The summed E-state index contributed by atoms with van der Waals surface area (Å²) in [6.07, 6.45) is 0. The van der Waals surface area contributed by atoms with Gasteiger partial charge in [0.25, 0.3) is 0 Å². The molecule has 7 heteroatoms. The van der Waals surface area contributed by atoms with Gasteiger partial charge in [-0.3, -0.25) is 4.99 Å². The van der Waals surface area contributed by atoms with Gasteiger partial charge in [0.15, 0.2) is 0 Å². The van der Waals surface area contributed by atoms with Gasteiger partial charge in [0.2, 0.25) is 0 Å². The first-order valence-corrected chi connectivity index (χ1v) is 10.2. The molecule has 0 saturated carbocycles. The molecule has 2 aromatic carbocycles. The van der Waals surface area contributed by atoms with Gasteiger partial charge < -0.3 is 14.8 Å². The molecule has 0 saturated heterocycles. The van der Waals surface area contributed by atoms with Crippen molar-refractivity contribution in [2.45, 2.75) is 0 Å². The van der Waals surface area contributed by atoms with Crippen LogP contribution < -0.4 is 10.1 Å². The maximum absolute atomic E-state index is 6.74. The maximum atomic E-state index is 6.74. The van der Waals surface area contributed by atoms with E-state index < -0.39 is 0 Å². The molecule has 3 aromatic rings. The minimum atomic E-state index is 0.424. The van der Waals surface area contributed by atoms with Crippen LogP contribution in [0.2, 0.25) is 9.36 Å². The van der Waals surface area contributed by atoms with Gasteiger partial charge in [-0.05, 0) is 35.2 Å². The molecule has 0 spiro atoms. The Bertz CT molecular complexity index is 1020. The molecule has 0 unspecified atom stereocenters. The summed E-state index contributed by atoms with van der Waals surface area (Å²) in [6.45, 7) is 2.48. The second kappa shape index (κ2) is 8.07. The summed E-state index contributed by atoms with van der Waals surface area (Å²) in [5.41, 5.74) is 1.98. The van der Waals surface area contributed by atoms with Gasteiger partial charge in [0.05, 0.1) is 28.1 Å². The van der Waals surface area contributed by atoms with E-state index in [4.69, 9.17) is 32.7 Å². The van der Waals surface area contributed by atoms with Gasteiger partial charge in [-0.15, -0.1) is 11.3 Å². The van der Waals surface area contributed by atoms with Gasteiger partial charge >= 0.3 is 0 Å². The average molecular weight is 421 g/mol. The van der Waals surface area contributed by atoms with Crippen molar-refractivity contribution in [3.8, 4) is 16.2 Å². The lowest BCUT2D eigenvalue weighted by molar-refractivity contribution is 0.146. The van der Waals surface area contributed by atoms with E-state index in [1.165, 1.54) is 0 Å². The topological polar surface area (TPSA) is 42.9 Å². The van der Waals surface area contributed by atoms with Crippen LogP contribution in [0.25, 0.3) is 21.2 Å². The molecule has 0 fully saturated rings. The summed E-state index contributed by atoms with van der Waals surface area (Å²) in [5.74, 6) is 1.46. The van der Waals surface area contributed by atoms with Gasteiger partial charge in [0.1, 0.15) is 18.2 Å². The van der Waals surface area contributed by atoms with E-state index in [0.29, 0.717) is 24.0 Å². The van der Waals surface area contributed by atoms with Gasteiger partial charge in [-0.25, -0.2) is 0 Å². The second-order valence-electron chi connectivity index (χ2n) is 6.11. The fraction of sp³-hybridized carbons (Fsp3) is 0.250. The number of hydrogen-bond donors (Lipinski definition) is 1. The quantitative estimate of drug-likeness (QED) is 0.553. The highest BCUT2D eigenvalue weighted by Crippen LogP contribution is 2.40. The molecule has 1 N–H and O–H groups in total. The first kappa shape index (κ1) is 18.6. The first-order valence-electron chi connectivity index (χ1n) is 8.60. The minimum absolute atomic E-state index is 0.424. The number of nitrogens with one attached hydrogen (secondary N) is 1. The zero-order valence-electron chi connectivity index (χ0n) is 14.7. The maximum Gasteiger partial charge on any atom is 0.149 e. The molecule has 2 heterocycles. The fourth-order valence-corrected chi connectivity index (χ4v) is 4.46. The highest BCUT2D eigenvalue weighted by molar-refractivity contribution is 7.19. The number of methoxy groups -OCH3 is 1. The zero-order chi connectivity index (χ0) is 18.8. The van der Waals surface area contributed by atoms with Crippen LogP contribution in [0.3, 0.4) is 0 Å². The highest BCUT2D eigenvalue weighted by Gasteiger charge is 2.20. The van der Waals surface area contributed by atoms with E-state index in [9.17, 15) is 0 Å². The van der Waals surface area contributed by atoms with Crippen LogP contribution in [-0.2, 0) is 4.74 Å². The minimum Gasteiger partial charge on any atom is -0.489 e. The third-order valence-electron chi connectivity index (χ3n) is 4.35. The van der Waals surface area contributed by atoms with Crippen LogP contribution in [0.5, 0.6) is 5.75 Å². The summed E-state index contributed by atoms with van der Waals surface area (Å²) in [6, 6.07) is 12.2. The predicted molar refractivity (Wildman–Crippen MR) is 114 cm³/mol. The van der Waals surface area contributed by atoms with Crippen LogP contribution in [-0.4, -0.2) is 39.2 Å². The highest BCUT2D eigenvalue weighted by atomic mass is 35.5. The van der Waals surface area contributed by atoms with Gasteiger partial charge in [-0.1, -0.05) is 35.3 Å². The number of rotatable bonds is 6. The smallest absolute Gasteiger partial charge is 0.149 e. The molecule has 27 heavy (non-hydrogen) atoms. The third kappa shape index (κ3) is 3.78. The number of benzene rings is 2. The fourth-order valence-electron chi connectivity index (χ4n) is 3.09. The van der Waals surface area contributed by atoms with E-state index in [-0.39, 0.29) is 0 Å². The van der Waals surface area contributed by atoms with Crippen molar-refractivity contribution in [1.29, 1.82) is 0 Å². The van der Waals surface area contributed by atoms with E-state index in [2.05, 4.69) is 28.5 Å². The zero-order valence-corrected chi connectivity index (χ0v) is 17.0. The molecular weight excluding hydrogens is 403 g/mol. The van der Waals surface area contributed by atoms with Crippen molar-refractivity contribution in [3.63, 3.8) is 0 Å². The molecule has 0 atom stereocenters. The molecule has 0 bridgehead atoms. The Hall–Kier alpha value is -1.79. The molecule has 0 amide bonds. The van der Waals surface area contributed by atoms with Crippen molar-refractivity contribution in [3.05, 3.63) is 51.3 Å². The lowest BCUT2D eigenvalue weighted by Crippen LogP contribution is -2.21. The first-order chi connectivity index (χ1) is 13.2. The summed E-state index contributed by atoms with van der Waals surface area (Å²) in [7, 11) is 1.65. The van der Waals surface area contributed by atoms with Gasteiger partial charge in [-0.2, -0.15) is 0 Å². The molecule has 1 aromatic heterocycles. The monoisotopic (exact) mass is 420 g/mol. The van der Waals surface area contributed by atoms with E-state index in [1.807, 2.05) is 18.2 Å². The molecular formula is C20H18Cl2N2O2S. The Balaban J connectivity index is 1.83. The average Bonchev–Trinajstić information content (AvgIpc) is 3.35. The van der Waals surface area contributed by atoms with Crippen molar-refractivity contribution in [2.75, 3.05) is 33.4 Å². The molecule has 140 valence electrons. The second-order valence-corrected chi connectivity index (χ2v) is 8.20. The molecule has 0 radical (unpaired) electrons. The number of ether oxygens (including phenoxy) is 2. The van der Waals surface area contributed by atoms with Crippen LogP contribution in [0.4, 0.5) is 0 Å². The Morgan fingerprint density at radius 1 is 1.15 bits per heavy atom. The Labute approximate surface area is 171 Å². The Morgan fingerprint density at radius 3 is 2.74 bits per heavy atom. The largest absolute Gasteiger partial charge is 0.489 e. The molecule has 1 aliphatic heterocycles. The molecule has 0 aliphatic carbocycles. The van der Waals surface area contributed by atoms with Crippen LogP contribution in [0.15, 0.2) is 41.4 Å². The van der Waals surface area contributed by atoms with Crippen LogP contribution in [0, 0.1) is 0 Å². The molecule has 1 aliphatic rings. The number of hydrogen-bond acceptors (Lipinski definition) is 5. The third-order valence-corrected chi connectivity index (χ3v) is 6.01. The standard InChI is InChI=1S/C20H18Cl2N2O2S/c1-25-8-9-26-19-15(20-23-6-7-24-20)11-13-10-12(2-3-14(13)18(19)22)16-4-5-17(21)27-16/h2-5,10-11H,6-9H2,1H3,(H,23,24). The molecule has 4 rings (SSSR count). The van der Waals surface area contributed by atoms with Crippen LogP contribution >= 0.6 is 34.5 Å². The van der Waals surface area contributed by atoms with Crippen molar-refractivity contribution in [1.82, 2.24) is 5.32 Å². The summed E-state index contributed by atoms with van der Waals surface area (Å²) in [5, 5.41) is 5.88. The van der Waals surface area contributed by atoms with E-state index in [1.54, 1.807) is 18.4 Å². The number of halogens is 2. The number of aliphatic imine (C=N–C) groups is 1. The SMILES string of the molecule is COCCOc1c(C2=NCCN2)cc2cc(-c3ccc(Cl)s3)ccc2c1Cl. The molecule has 4 nitrogen and oxygen atoms in total. The van der Waals surface area contributed by atoms with E-state index in [0.717, 1.165) is 50.0 Å². The van der Waals surface area contributed by atoms with Crippen molar-refractivity contribution in [2.24, 2.45) is 4.99 Å². The van der Waals surface area contributed by atoms with Crippen molar-refractivity contribution < 1.29 is 9.47 Å². The Morgan fingerprint density at radius 2 is 2.04 bits per heavy atom. The Kier molecular flexibility index (Phi) is 5.55. The summed E-state index contributed by atoms with van der Waals surface area (Å²) in [4.78, 5) is 5.67. The number of amidine groups is 1. The predicted octanol–water partition coefficient (Wildman–Crippen LogP) is 5.25.